The molecule has 1 atom stereocenters. The van der Waals surface area contributed by atoms with E-state index in [4.69, 9.17) is 5.73 Å². The second-order valence-corrected chi connectivity index (χ2v) is 5.18. The lowest BCUT2D eigenvalue weighted by Crippen LogP contribution is -2.23. The molecule has 112 valence electrons. The summed E-state index contributed by atoms with van der Waals surface area (Å²) in [5.74, 6) is 2.11. The van der Waals surface area contributed by atoms with E-state index in [0.717, 1.165) is 31.8 Å². The van der Waals surface area contributed by atoms with Gasteiger partial charge in [0, 0.05) is 20.1 Å². The highest BCUT2D eigenvalue weighted by atomic mass is 15.3. The van der Waals surface area contributed by atoms with Gasteiger partial charge in [0.2, 0.25) is 17.8 Å². The molecule has 3 rings (SSSR count). The van der Waals surface area contributed by atoms with Crippen LogP contribution in [0.15, 0.2) is 6.33 Å². The minimum absolute atomic E-state index is 0.0780. The molecule has 3 N–H and O–H groups in total. The molecule has 0 spiro atoms. The van der Waals surface area contributed by atoms with Crippen molar-refractivity contribution in [2.24, 2.45) is 7.05 Å². The van der Waals surface area contributed by atoms with Crippen LogP contribution in [0.1, 0.15) is 31.6 Å². The van der Waals surface area contributed by atoms with E-state index >= 15 is 0 Å². The molecule has 1 fully saturated rings. The number of anilines is 3. The number of rotatable bonds is 4. The van der Waals surface area contributed by atoms with Crippen molar-refractivity contribution in [1.29, 1.82) is 0 Å². The average Bonchev–Trinajstić information content (AvgIpc) is 3.08. The Balaban J connectivity index is 1.80. The van der Waals surface area contributed by atoms with Gasteiger partial charge in [0.15, 0.2) is 5.82 Å². The first-order valence-corrected chi connectivity index (χ1v) is 7.00. The lowest BCUT2D eigenvalue weighted by atomic mass is 10.3. The third-order valence-corrected chi connectivity index (χ3v) is 3.51. The summed E-state index contributed by atoms with van der Waals surface area (Å²) in [6, 6.07) is -0.0780. The van der Waals surface area contributed by atoms with E-state index in [0.29, 0.717) is 11.9 Å². The molecule has 9 heteroatoms. The standard InChI is InChI=1S/C12H19N9/c1-8(9-19-14-7-20(9)2)15-11-16-10(13)17-12(18-11)21-5-3-4-6-21/h7-8H,3-6H2,1-2H3,(H3,13,15,16,17,18). The zero-order valence-corrected chi connectivity index (χ0v) is 12.2. The molecule has 1 saturated heterocycles. The van der Waals surface area contributed by atoms with Crippen LogP contribution in [0, 0.1) is 0 Å². The van der Waals surface area contributed by atoms with Gasteiger partial charge in [0.25, 0.3) is 0 Å². The van der Waals surface area contributed by atoms with Crippen molar-refractivity contribution >= 4 is 17.8 Å². The Hall–Kier alpha value is -2.45. The van der Waals surface area contributed by atoms with E-state index in [-0.39, 0.29) is 12.0 Å². The quantitative estimate of drug-likeness (QED) is 0.829. The van der Waals surface area contributed by atoms with E-state index in [1.165, 1.54) is 0 Å². The van der Waals surface area contributed by atoms with Crippen molar-refractivity contribution in [2.75, 3.05) is 29.0 Å². The lowest BCUT2D eigenvalue weighted by molar-refractivity contribution is 0.711. The third kappa shape index (κ3) is 2.86. The van der Waals surface area contributed by atoms with Gasteiger partial charge in [0.1, 0.15) is 6.33 Å². The highest BCUT2D eigenvalue weighted by Crippen LogP contribution is 2.20. The van der Waals surface area contributed by atoms with Crippen LogP contribution < -0.4 is 16.0 Å². The number of hydrogen-bond donors (Lipinski definition) is 2. The van der Waals surface area contributed by atoms with Crippen molar-refractivity contribution in [1.82, 2.24) is 29.7 Å². The average molecular weight is 289 g/mol. The number of nitrogens with two attached hydrogens (primary N) is 1. The first kappa shape index (κ1) is 13.5. The molecular weight excluding hydrogens is 270 g/mol. The molecule has 2 aromatic rings. The van der Waals surface area contributed by atoms with Crippen LogP contribution in [0.4, 0.5) is 17.8 Å². The number of nitrogen functional groups attached to an aromatic ring is 1. The summed E-state index contributed by atoms with van der Waals surface area (Å²) in [5.41, 5.74) is 5.79. The van der Waals surface area contributed by atoms with Gasteiger partial charge in [-0.3, -0.25) is 0 Å². The topological polar surface area (TPSA) is 111 Å². The summed E-state index contributed by atoms with van der Waals surface area (Å²) in [6.07, 6.45) is 3.97. The maximum atomic E-state index is 5.79. The van der Waals surface area contributed by atoms with Crippen LogP contribution in [0.5, 0.6) is 0 Å². The summed E-state index contributed by atoms with van der Waals surface area (Å²) in [6.45, 7) is 3.89. The molecule has 9 nitrogen and oxygen atoms in total. The molecule has 1 aliphatic heterocycles. The van der Waals surface area contributed by atoms with Gasteiger partial charge in [-0.1, -0.05) is 0 Å². The summed E-state index contributed by atoms with van der Waals surface area (Å²) >= 11 is 0. The minimum Gasteiger partial charge on any atom is -0.368 e. The maximum absolute atomic E-state index is 5.79. The van der Waals surface area contributed by atoms with Crippen LogP contribution in [0.25, 0.3) is 0 Å². The van der Waals surface area contributed by atoms with Gasteiger partial charge >= 0.3 is 0 Å². The Kier molecular flexibility index (Phi) is 3.55. The second-order valence-electron chi connectivity index (χ2n) is 5.18. The molecule has 0 aliphatic carbocycles. The Morgan fingerprint density at radius 1 is 1.24 bits per heavy atom. The Bertz CT molecular complexity index is 617. The summed E-state index contributed by atoms with van der Waals surface area (Å²) in [5, 5.41) is 11.1. The molecule has 2 aromatic heterocycles. The van der Waals surface area contributed by atoms with Crippen molar-refractivity contribution in [3.63, 3.8) is 0 Å². The van der Waals surface area contributed by atoms with E-state index in [1.54, 1.807) is 6.33 Å². The number of nitrogens with one attached hydrogen (secondary N) is 1. The maximum Gasteiger partial charge on any atom is 0.231 e. The molecule has 0 saturated carbocycles. The Labute approximate surface area is 122 Å². The van der Waals surface area contributed by atoms with Crippen LogP contribution in [0.2, 0.25) is 0 Å². The van der Waals surface area contributed by atoms with Crippen LogP contribution >= 0.6 is 0 Å². The fraction of sp³-hybridized carbons (Fsp3) is 0.583. The predicted octanol–water partition coefficient (Wildman–Crippen LogP) is 0.356. The molecule has 0 radical (unpaired) electrons. The van der Waals surface area contributed by atoms with E-state index in [9.17, 15) is 0 Å². The zero-order valence-electron chi connectivity index (χ0n) is 12.2. The van der Waals surface area contributed by atoms with E-state index in [1.807, 2.05) is 18.5 Å². The molecular formula is C12H19N9. The Morgan fingerprint density at radius 2 is 2.00 bits per heavy atom. The summed E-state index contributed by atoms with van der Waals surface area (Å²) in [7, 11) is 1.89. The van der Waals surface area contributed by atoms with Crippen molar-refractivity contribution in [2.45, 2.75) is 25.8 Å². The van der Waals surface area contributed by atoms with E-state index in [2.05, 4.69) is 35.4 Å². The van der Waals surface area contributed by atoms with Crippen molar-refractivity contribution in [3.05, 3.63) is 12.2 Å². The first-order valence-electron chi connectivity index (χ1n) is 7.00. The molecule has 1 aliphatic rings. The lowest BCUT2D eigenvalue weighted by Gasteiger charge is -2.17. The van der Waals surface area contributed by atoms with Crippen molar-refractivity contribution in [3.8, 4) is 0 Å². The summed E-state index contributed by atoms with van der Waals surface area (Å²) in [4.78, 5) is 14.9. The van der Waals surface area contributed by atoms with Gasteiger partial charge < -0.3 is 20.5 Å². The monoisotopic (exact) mass is 289 g/mol. The zero-order chi connectivity index (χ0) is 14.8. The second kappa shape index (κ2) is 5.51. The molecule has 3 heterocycles. The molecule has 1 unspecified atom stereocenters. The number of aromatic nitrogens is 6. The minimum atomic E-state index is -0.0780. The number of aryl methyl sites for hydroxylation is 1. The van der Waals surface area contributed by atoms with Gasteiger partial charge in [-0.25, -0.2) is 0 Å². The van der Waals surface area contributed by atoms with E-state index < -0.39 is 0 Å². The van der Waals surface area contributed by atoms with Gasteiger partial charge in [0.05, 0.1) is 6.04 Å². The SMILES string of the molecule is CC(Nc1nc(N)nc(N2CCCC2)n1)c1nncn1C. The number of nitrogens with zero attached hydrogens (tertiary/aromatic N) is 7. The van der Waals surface area contributed by atoms with Crippen LogP contribution in [-0.2, 0) is 7.05 Å². The molecule has 0 amide bonds. The largest absolute Gasteiger partial charge is 0.368 e. The Morgan fingerprint density at radius 3 is 2.67 bits per heavy atom. The smallest absolute Gasteiger partial charge is 0.231 e. The van der Waals surface area contributed by atoms with Crippen molar-refractivity contribution < 1.29 is 0 Å². The fourth-order valence-corrected chi connectivity index (χ4v) is 2.45. The van der Waals surface area contributed by atoms with Crippen LogP contribution in [0.3, 0.4) is 0 Å². The molecule has 0 aromatic carbocycles. The predicted molar refractivity (Wildman–Crippen MR) is 78.7 cm³/mol. The van der Waals surface area contributed by atoms with Gasteiger partial charge in [-0.15, -0.1) is 10.2 Å². The number of hydrogen-bond acceptors (Lipinski definition) is 8. The first-order chi connectivity index (χ1) is 10.1. The molecule has 0 bridgehead atoms. The van der Waals surface area contributed by atoms with Crippen LogP contribution in [-0.4, -0.2) is 42.8 Å². The third-order valence-electron chi connectivity index (χ3n) is 3.51. The molecule has 21 heavy (non-hydrogen) atoms. The highest BCUT2D eigenvalue weighted by Gasteiger charge is 2.18. The highest BCUT2D eigenvalue weighted by molar-refractivity contribution is 5.43. The normalized spacial score (nSPS) is 16.2. The van der Waals surface area contributed by atoms with Gasteiger partial charge in [-0.05, 0) is 19.8 Å². The fourth-order valence-electron chi connectivity index (χ4n) is 2.45. The van der Waals surface area contributed by atoms with Gasteiger partial charge in [-0.2, -0.15) is 15.0 Å². The summed E-state index contributed by atoms with van der Waals surface area (Å²) < 4.78 is 1.85.